The standard InChI is InChI=1S/C27H22N4O3/c32-27(28-11-10-19-17-31-12-4-3-7-26(31)29-19)21-16-23(30-22-6-2-1-5-20(21)22)18-8-9-24-25(15-18)34-14-13-33-24/h1-9,12,15-17H,10-11,13-14H2,(H,28,32). The van der Waals surface area contributed by atoms with E-state index in [0.717, 1.165) is 33.6 Å². The Balaban J connectivity index is 1.27. The second kappa shape index (κ2) is 8.51. The third-order valence-electron chi connectivity index (χ3n) is 5.88. The zero-order valence-corrected chi connectivity index (χ0v) is 18.4. The van der Waals surface area contributed by atoms with Crippen molar-refractivity contribution < 1.29 is 14.3 Å². The van der Waals surface area contributed by atoms with Crippen LogP contribution in [0, 0.1) is 0 Å². The molecule has 0 saturated carbocycles. The van der Waals surface area contributed by atoms with Gasteiger partial charge < -0.3 is 19.2 Å². The number of para-hydroxylation sites is 1. The van der Waals surface area contributed by atoms with E-state index in [0.29, 0.717) is 43.2 Å². The van der Waals surface area contributed by atoms with Crippen molar-refractivity contribution in [2.75, 3.05) is 19.8 Å². The Bertz CT molecular complexity index is 1490. The summed E-state index contributed by atoms with van der Waals surface area (Å²) in [6.45, 7) is 1.54. The van der Waals surface area contributed by atoms with E-state index in [1.165, 1.54) is 0 Å². The van der Waals surface area contributed by atoms with E-state index >= 15 is 0 Å². The lowest BCUT2D eigenvalue weighted by atomic mass is 10.0. The molecule has 0 spiro atoms. The highest BCUT2D eigenvalue weighted by atomic mass is 16.6. The number of fused-ring (bicyclic) bond motifs is 3. The molecule has 1 amide bonds. The van der Waals surface area contributed by atoms with Crippen molar-refractivity contribution in [3.05, 3.63) is 90.4 Å². The first kappa shape index (κ1) is 20.2. The first-order valence-corrected chi connectivity index (χ1v) is 11.3. The van der Waals surface area contributed by atoms with Crippen molar-refractivity contribution in [1.82, 2.24) is 19.7 Å². The van der Waals surface area contributed by atoms with Crippen LogP contribution < -0.4 is 14.8 Å². The summed E-state index contributed by atoms with van der Waals surface area (Å²) in [6, 6.07) is 21.2. The van der Waals surface area contributed by atoms with Gasteiger partial charge in [0.25, 0.3) is 5.91 Å². The lowest BCUT2D eigenvalue weighted by Crippen LogP contribution is -2.26. The maximum atomic E-state index is 13.2. The Labute approximate surface area is 196 Å². The monoisotopic (exact) mass is 450 g/mol. The van der Waals surface area contributed by atoms with Gasteiger partial charge in [0.2, 0.25) is 0 Å². The van der Waals surface area contributed by atoms with Crippen LogP contribution in [0.1, 0.15) is 16.1 Å². The topological polar surface area (TPSA) is 77.8 Å². The number of ether oxygens (including phenoxy) is 2. The molecule has 7 nitrogen and oxygen atoms in total. The van der Waals surface area contributed by atoms with E-state index in [9.17, 15) is 4.79 Å². The second-order valence-electron chi connectivity index (χ2n) is 8.13. The molecule has 7 heteroatoms. The summed E-state index contributed by atoms with van der Waals surface area (Å²) in [7, 11) is 0. The van der Waals surface area contributed by atoms with Crippen molar-refractivity contribution in [2.24, 2.45) is 0 Å². The van der Waals surface area contributed by atoms with E-state index in [4.69, 9.17) is 14.5 Å². The van der Waals surface area contributed by atoms with Crippen LogP contribution in [0.5, 0.6) is 11.5 Å². The summed E-state index contributed by atoms with van der Waals surface area (Å²) in [6.07, 6.45) is 4.60. The van der Waals surface area contributed by atoms with Gasteiger partial charge in [0, 0.05) is 36.3 Å². The molecule has 1 aliphatic heterocycles. The zero-order valence-electron chi connectivity index (χ0n) is 18.4. The summed E-state index contributed by atoms with van der Waals surface area (Å²) in [5.74, 6) is 1.28. The van der Waals surface area contributed by atoms with E-state index in [-0.39, 0.29) is 5.91 Å². The van der Waals surface area contributed by atoms with Crippen molar-refractivity contribution >= 4 is 22.5 Å². The molecule has 5 aromatic rings. The molecule has 0 radical (unpaired) electrons. The molecule has 4 heterocycles. The maximum absolute atomic E-state index is 13.2. The molecule has 0 saturated heterocycles. The Morgan fingerprint density at radius 3 is 2.71 bits per heavy atom. The Morgan fingerprint density at radius 1 is 0.941 bits per heavy atom. The van der Waals surface area contributed by atoms with E-state index in [1.807, 2.05) is 83.5 Å². The average Bonchev–Trinajstić information content (AvgIpc) is 3.30. The molecule has 1 N–H and O–H groups in total. The predicted molar refractivity (Wildman–Crippen MR) is 129 cm³/mol. The highest BCUT2D eigenvalue weighted by Gasteiger charge is 2.17. The number of benzene rings is 2. The van der Waals surface area contributed by atoms with Crippen molar-refractivity contribution in [3.63, 3.8) is 0 Å². The molecule has 0 unspecified atom stereocenters. The number of pyridine rings is 2. The van der Waals surface area contributed by atoms with Crippen molar-refractivity contribution in [1.29, 1.82) is 0 Å². The van der Waals surface area contributed by atoms with Gasteiger partial charge in [0.1, 0.15) is 18.9 Å². The van der Waals surface area contributed by atoms with Crippen LogP contribution >= 0.6 is 0 Å². The van der Waals surface area contributed by atoms with E-state index in [1.54, 1.807) is 0 Å². The number of aromatic nitrogens is 3. The molecule has 0 bridgehead atoms. The predicted octanol–water partition coefficient (Wildman–Crippen LogP) is 4.29. The fourth-order valence-electron chi connectivity index (χ4n) is 4.22. The second-order valence-corrected chi connectivity index (χ2v) is 8.13. The molecular formula is C27H22N4O3. The number of hydrogen-bond acceptors (Lipinski definition) is 5. The number of carbonyl (C=O) groups is 1. The maximum Gasteiger partial charge on any atom is 0.252 e. The number of nitrogens with zero attached hydrogens (tertiary/aromatic N) is 3. The lowest BCUT2D eigenvalue weighted by Gasteiger charge is -2.19. The third kappa shape index (κ3) is 3.81. The summed E-state index contributed by atoms with van der Waals surface area (Å²) in [5, 5.41) is 3.87. The number of carbonyl (C=O) groups excluding carboxylic acids is 1. The molecule has 168 valence electrons. The van der Waals surface area contributed by atoms with Gasteiger partial charge in [-0.2, -0.15) is 0 Å². The van der Waals surface area contributed by atoms with Gasteiger partial charge in [-0.25, -0.2) is 9.97 Å². The van der Waals surface area contributed by atoms with Crippen molar-refractivity contribution in [2.45, 2.75) is 6.42 Å². The quantitative estimate of drug-likeness (QED) is 0.432. The van der Waals surface area contributed by atoms with Crippen LogP contribution in [-0.2, 0) is 6.42 Å². The Hall–Kier alpha value is -4.39. The summed E-state index contributed by atoms with van der Waals surface area (Å²) in [5.41, 5.74) is 4.76. The van der Waals surface area contributed by atoms with Crippen molar-refractivity contribution in [3.8, 4) is 22.8 Å². The first-order valence-electron chi connectivity index (χ1n) is 11.3. The number of nitrogens with one attached hydrogen (secondary N) is 1. The van der Waals surface area contributed by atoms with Gasteiger partial charge in [0.05, 0.1) is 22.5 Å². The molecule has 2 aromatic carbocycles. The van der Waals surface area contributed by atoms with Gasteiger partial charge in [-0.3, -0.25) is 4.79 Å². The smallest absolute Gasteiger partial charge is 0.252 e. The number of imidazole rings is 1. The van der Waals surface area contributed by atoms with Gasteiger partial charge in [-0.1, -0.05) is 24.3 Å². The Morgan fingerprint density at radius 2 is 1.79 bits per heavy atom. The summed E-state index contributed by atoms with van der Waals surface area (Å²) < 4.78 is 13.3. The number of rotatable bonds is 5. The molecule has 0 atom stereocenters. The van der Waals surface area contributed by atoms with E-state index < -0.39 is 0 Å². The summed E-state index contributed by atoms with van der Waals surface area (Å²) in [4.78, 5) is 22.6. The largest absolute Gasteiger partial charge is 0.486 e. The van der Waals surface area contributed by atoms with Gasteiger partial charge in [-0.05, 0) is 42.5 Å². The highest BCUT2D eigenvalue weighted by Crippen LogP contribution is 2.35. The zero-order chi connectivity index (χ0) is 22.9. The molecule has 0 fully saturated rings. The average molecular weight is 450 g/mol. The third-order valence-corrected chi connectivity index (χ3v) is 5.88. The fourth-order valence-corrected chi connectivity index (χ4v) is 4.22. The molecular weight excluding hydrogens is 428 g/mol. The van der Waals surface area contributed by atoms with Gasteiger partial charge in [-0.15, -0.1) is 0 Å². The van der Waals surface area contributed by atoms with Crippen LogP contribution in [0.2, 0.25) is 0 Å². The normalized spacial score (nSPS) is 12.7. The lowest BCUT2D eigenvalue weighted by molar-refractivity contribution is 0.0955. The van der Waals surface area contributed by atoms with E-state index in [2.05, 4.69) is 10.3 Å². The minimum absolute atomic E-state index is 0.138. The van der Waals surface area contributed by atoms with Gasteiger partial charge >= 0.3 is 0 Å². The summed E-state index contributed by atoms with van der Waals surface area (Å²) >= 11 is 0. The SMILES string of the molecule is O=C(NCCc1cn2ccccc2n1)c1cc(-c2ccc3c(c2)OCCO3)nc2ccccc12. The van der Waals surface area contributed by atoms with Crippen LogP contribution in [0.3, 0.4) is 0 Å². The molecule has 3 aromatic heterocycles. The van der Waals surface area contributed by atoms with Crippen LogP contribution in [-0.4, -0.2) is 40.0 Å². The number of hydrogen-bond donors (Lipinski definition) is 1. The minimum atomic E-state index is -0.138. The fraction of sp³-hybridized carbons (Fsp3) is 0.148. The van der Waals surface area contributed by atoms with Gasteiger partial charge in [0.15, 0.2) is 11.5 Å². The van der Waals surface area contributed by atoms with Crippen LogP contribution in [0.15, 0.2) is 79.1 Å². The minimum Gasteiger partial charge on any atom is -0.486 e. The molecule has 1 aliphatic rings. The molecule has 34 heavy (non-hydrogen) atoms. The number of amides is 1. The Kier molecular flexibility index (Phi) is 5.07. The highest BCUT2D eigenvalue weighted by molar-refractivity contribution is 6.07. The molecule has 6 rings (SSSR count). The van der Waals surface area contributed by atoms with Crippen LogP contribution in [0.25, 0.3) is 27.8 Å². The molecule has 0 aliphatic carbocycles. The van der Waals surface area contributed by atoms with Crippen LogP contribution in [0.4, 0.5) is 0 Å². The first-order chi connectivity index (χ1) is 16.7.